The van der Waals surface area contributed by atoms with Gasteiger partial charge in [0.1, 0.15) is 5.75 Å². The standard InChI is InChI=1S/C25H24N4O2/c1-31-24-14-21(11-12-22(24)20-15-27-28-16-20)29-25(30)23(26)13-17-7-9-19(10-8-17)18-5-3-2-4-6-18/h2-12,14-16,23H,13,26H2,1H3,(H,27,28)(H,29,30)/t23-/m1/s1. The largest absolute Gasteiger partial charge is 0.496 e. The Morgan fingerprint density at radius 2 is 1.77 bits per heavy atom. The first-order valence-corrected chi connectivity index (χ1v) is 10.0. The Morgan fingerprint density at radius 1 is 1.03 bits per heavy atom. The molecule has 4 N–H and O–H groups in total. The minimum absolute atomic E-state index is 0.245. The van der Waals surface area contributed by atoms with E-state index in [2.05, 4.69) is 39.8 Å². The van der Waals surface area contributed by atoms with Gasteiger partial charge in [-0.2, -0.15) is 5.10 Å². The van der Waals surface area contributed by atoms with Gasteiger partial charge >= 0.3 is 0 Å². The highest BCUT2D eigenvalue weighted by atomic mass is 16.5. The van der Waals surface area contributed by atoms with Gasteiger partial charge in [0.25, 0.3) is 0 Å². The zero-order chi connectivity index (χ0) is 21.6. The molecule has 6 nitrogen and oxygen atoms in total. The molecule has 0 radical (unpaired) electrons. The Morgan fingerprint density at radius 3 is 2.45 bits per heavy atom. The Hall–Kier alpha value is -3.90. The van der Waals surface area contributed by atoms with Crippen LogP contribution in [0.4, 0.5) is 5.69 Å². The fourth-order valence-electron chi connectivity index (χ4n) is 3.45. The first kappa shape index (κ1) is 20.4. The predicted molar refractivity (Wildman–Crippen MR) is 123 cm³/mol. The molecule has 0 aliphatic rings. The second kappa shape index (κ2) is 9.28. The van der Waals surface area contributed by atoms with Crippen molar-refractivity contribution in [2.24, 2.45) is 5.73 Å². The molecule has 0 bridgehead atoms. The fraction of sp³-hybridized carbons (Fsp3) is 0.120. The minimum Gasteiger partial charge on any atom is -0.496 e. The average Bonchev–Trinajstić information content (AvgIpc) is 3.35. The van der Waals surface area contributed by atoms with Crippen LogP contribution in [0, 0.1) is 0 Å². The summed E-state index contributed by atoms with van der Waals surface area (Å²) in [5.74, 6) is 0.398. The number of carbonyl (C=O) groups is 1. The van der Waals surface area contributed by atoms with E-state index in [-0.39, 0.29) is 5.91 Å². The molecule has 1 amide bonds. The average molecular weight is 412 g/mol. The van der Waals surface area contributed by atoms with E-state index in [4.69, 9.17) is 10.5 Å². The number of rotatable bonds is 7. The lowest BCUT2D eigenvalue weighted by atomic mass is 10.0. The molecule has 4 rings (SSSR count). The number of hydrogen-bond donors (Lipinski definition) is 3. The minimum atomic E-state index is -0.665. The third kappa shape index (κ3) is 4.82. The van der Waals surface area contributed by atoms with Gasteiger partial charge < -0.3 is 15.8 Å². The molecular weight excluding hydrogens is 388 g/mol. The van der Waals surface area contributed by atoms with Crippen LogP contribution in [-0.4, -0.2) is 29.3 Å². The topological polar surface area (TPSA) is 93.0 Å². The molecule has 0 aliphatic heterocycles. The molecule has 1 aromatic heterocycles. The molecule has 0 aliphatic carbocycles. The van der Waals surface area contributed by atoms with E-state index in [0.717, 1.165) is 27.8 Å². The number of benzene rings is 3. The maximum Gasteiger partial charge on any atom is 0.241 e. The lowest BCUT2D eigenvalue weighted by Gasteiger charge is -2.14. The van der Waals surface area contributed by atoms with E-state index in [0.29, 0.717) is 17.9 Å². The Bertz CT molecular complexity index is 1140. The highest BCUT2D eigenvalue weighted by molar-refractivity contribution is 5.95. The maximum absolute atomic E-state index is 12.6. The van der Waals surface area contributed by atoms with Crippen LogP contribution in [0.25, 0.3) is 22.3 Å². The molecule has 156 valence electrons. The second-order valence-corrected chi connectivity index (χ2v) is 7.26. The van der Waals surface area contributed by atoms with Gasteiger partial charge in [0.15, 0.2) is 0 Å². The number of aromatic amines is 1. The monoisotopic (exact) mass is 412 g/mol. The SMILES string of the molecule is COc1cc(NC(=O)[C@H](N)Cc2ccc(-c3ccccc3)cc2)ccc1-c1cn[nH]c1. The summed E-state index contributed by atoms with van der Waals surface area (Å²) in [6.45, 7) is 0. The van der Waals surface area contributed by atoms with Crippen molar-refractivity contribution in [2.45, 2.75) is 12.5 Å². The molecule has 31 heavy (non-hydrogen) atoms. The number of aromatic nitrogens is 2. The summed E-state index contributed by atoms with van der Waals surface area (Å²) in [5, 5.41) is 9.63. The molecule has 4 aromatic rings. The van der Waals surface area contributed by atoms with Crippen LogP contribution in [-0.2, 0) is 11.2 Å². The number of amides is 1. The van der Waals surface area contributed by atoms with E-state index in [9.17, 15) is 4.79 Å². The number of nitrogens with one attached hydrogen (secondary N) is 2. The van der Waals surface area contributed by atoms with Gasteiger partial charge in [-0.25, -0.2) is 0 Å². The van der Waals surface area contributed by atoms with E-state index in [1.807, 2.05) is 42.5 Å². The number of nitrogens with zero attached hydrogens (tertiary/aromatic N) is 1. The molecule has 0 saturated heterocycles. The number of H-pyrrole nitrogens is 1. The molecule has 0 saturated carbocycles. The summed E-state index contributed by atoms with van der Waals surface area (Å²) < 4.78 is 5.47. The van der Waals surface area contributed by atoms with Crippen molar-refractivity contribution in [3.8, 4) is 28.0 Å². The first-order chi connectivity index (χ1) is 15.1. The smallest absolute Gasteiger partial charge is 0.241 e. The molecule has 0 fully saturated rings. The van der Waals surface area contributed by atoms with Crippen molar-refractivity contribution in [1.82, 2.24) is 10.2 Å². The summed E-state index contributed by atoms with van der Waals surface area (Å²) in [5.41, 5.74) is 11.9. The quantitative estimate of drug-likeness (QED) is 0.423. The molecule has 6 heteroatoms. The van der Waals surface area contributed by atoms with Gasteiger partial charge in [-0.1, -0.05) is 54.6 Å². The fourth-order valence-corrected chi connectivity index (χ4v) is 3.45. The van der Waals surface area contributed by atoms with Crippen LogP contribution in [0.3, 0.4) is 0 Å². The highest BCUT2D eigenvalue weighted by Gasteiger charge is 2.16. The molecule has 1 atom stereocenters. The number of anilines is 1. The van der Waals surface area contributed by atoms with Crippen molar-refractivity contribution < 1.29 is 9.53 Å². The van der Waals surface area contributed by atoms with Gasteiger partial charge in [0.2, 0.25) is 5.91 Å². The number of carbonyl (C=O) groups excluding carboxylic acids is 1. The highest BCUT2D eigenvalue weighted by Crippen LogP contribution is 2.31. The number of methoxy groups -OCH3 is 1. The lowest BCUT2D eigenvalue weighted by Crippen LogP contribution is -2.37. The van der Waals surface area contributed by atoms with E-state index < -0.39 is 6.04 Å². The van der Waals surface area contributed by atoms with Crippen molar-refractivity contribution >= 4 is 11.6 Å². The third-order valence-corrected chi connectivity index (χ3v) is 5.13. The Kier molecular flexibility index (Phi) is 6.10. The molecular formula is C25H24N4O2. The zero-order valence-corrected chi connectivity index (χ0v) is 17.2. The van der Waals surface area contributed by atoms with E-state index in [1.165, 1.54) is 0 Å². The van der Waals surface area contributed by atoms with Crippen molar-refractivity contribution in [1.29, 1.82) is 0 Å². The molecule has 0 spiro atoms. The predicted octanol–water partition coefficient (Wildman–Crippen LogP) is 4.26. The van der Waals surface area contributed by atoms with Crippen molar-refractivity contribution in [2.75, 3.05) is 12.4 Å². The maximum atomic E-state index is 12.6. The van der Waals surface area contributed by atoms with Gasteiger partial charge in [-0.05, 0) is 35.2 Å². The summed E-state index contributed by atoms with van der Waals surface area (Å²) in [4.78, 5) is 12.6. The molecule has 1 heterocycles. The zero-order valence-electron chi connectivity index (χ0n) is 17.2. The van der Waals surface area contributed by atoms with Gasteiger partial charge in [-0.15, -0.1) is 0 Å². The Balaban J connectivity index is 1.40. The van der Waals surface area contributed by atoms with E-state index in [1.54, 1.807) is 25.6 Å². The van der Waals surface area contributed by atoms with Crippen LogP contribution in [0.5, 0.6) is 5.75 Å². The number of ether oxygens (including phenoxy) is 1. The number of hydrogen-bond acceptors (Lipinski definition) is 4. The molecule has 3 aromatic carbocycles. The molecule has 0 unspecified atom stereocenters. The summed E-state index contributed by atoms with van der Waals surface area (Å²) >= 11 is 0. The van der Waals surface area contributed by atoms with Crippen LogP contribution in [0.15, 0.2) is 85.2 Å². The van der Waals surface area contributed by atoms with Crippen LogP contribution < -0.4 is 15.8 Å². The van der Waals surface area contributed by atoms with Crippen LogP contribution in [0.1, 0.15) is 5.56 Å². The lowest BCUT2D eigenvalue weighted by molar-refractivity contribution is -0.117. The van der Waals surface area contributed by atoms with E-state index >= 15 is 0 Å². The summed E-state index contributed by atoms with van der Waals surface area (Å²) in [6, 6.07) is 23.1. The van der Waals surface area contributed by atoms with Gasteiger partial charge in [0, 0.05) is 29.1 Å². The van der Waals surface area contributed by atoms with Gasteiger partial charge in [0.05, 0.1) is 19.3 Å². The third-order valence-electron chi connectivity index (χ3n) is 5.13. The normalized spacial score (nSPS) is 11.7. The van der Waals surface area contributed by atoms with Crippen molar-refractivity contribution in [3.63, 3.8) is 0 Å². The van der Waals surface area contributed by atoms with Crippen LogP contribution >= 0.6 is 0 Å². The summed E-state index contributed by atoms with van der Waals surface area (Å²) in [7, 11) is 1.59. The number of nitrogens with two attached hydrogens (primary N) is 1. The van der Waals surface area contributed by atoms with Crippen LogP contribution in [0.2, 0.25) is 0 Å². The summed E-state index contributed by atoms with van der Waals surface area (Å²) in [6.07, 6.45) is 3.95. The Labute approximate surface area is 181 Å². The first-order valence-electron chi connectivity index (χ1n) is 10.0. The second-order valence-electron chi connectivity index (χ2n) is 7.26. The van der Waals surface area contributed by atoms with Crippen molar-refractivity contribution in [3.05, 3.63) is 90.8 Å². The van der Waals surface area contributed by atoms with Gasteiger partial charge in [-0.3, -0.25) is 9.89 Å².